The normalized spacial score (nSPS) is 16.5. The van der Waals surface area contributed by atoms with Gasteiger partial charge in [-0.05, 0) is 49.5 Å². The van der Waals surface area contributed by atoms with E-state index in [2.05, 4.69) is 34.8 Å². The van der Waals surface area contributed by atoms with Crippen molar-refractivity contribution in [2.24, 2.45) is 5.92 Å². The van der Waals surface area contributed by atoms with Crippen molar-refractivity contribution in [3.8, 4) is 5.75 Å². The molecule has 1 aliphatic heterocycles. The van der Waals surface area contributed by atoms with E-state index < -0.39 is 0 Å². The number of methoxy groups -OCH3 is 1. The van der Waals surface area contributed by atoms with Crippen molar-refractivity contribution in [1.29, 1.82) is 0 Å². The minimum absolute atomic E-state index is 0.0996. The van der Waals surface area contributed by atoms with E-state index in [1.165, 1.54) is 0 Å². The molecule has 1 fully saturated rings. The fraction of sp³-hybridized carbons (Fsp3) is 0.526. The summed E-state index contributed by atoms with van der Waals surface area (Å²) in [6, 6.07) is 7.99. The smallest absolute Gasteiger partial charge is 0.273 e. The molecule has 1 aromatic carbocycles. The molecule has 7 heteroatoms. The second kappa shape index (κ2) is 8.31. The van der Waals surface area contributed by atoms with E-state index in [0.717, 1.165) is 37.2 Å². The maximum atomic E-state index is 12.7. The van der Waals surface area contributed by atoms with Crippen LogP contribution < -0.4 is 15.4 Å². The predicted molar refractivity (Wildman–Crippen MR) is 99.2 cm³/mol. The SMILES string of the molecule is COc1ccc(C(NC(=O)c2cn(C3CCNCC3)nn2)C(C)C)cc1. The molecule has 1 aliphatic rings. The van der Waals surface area contributed by atoms with E-state index in [1.807, 2.05) is 28.9 Å². The molecule has 3 rings (SSSR count). The van der Waals surface area contributed by atoms with Crippen LogP contribution in [0.15, 0.2) is 30.5 Å². The van der Waals surface area contributed by atoms with Crippen LogP contribution in [0.2, 0.25) is 0 Å². The summed E-state index contributed by atoms with van der Waals surface area (Å²) in [5.74, 6) is 0.846. The molecule has 140 valence electrons. The van der Waals surface area contributed by atoms with Crippen LogP contribution >= 0.6 is 0 Å². The summed E-state index contributed by atoms with van der Waals surface area (Å²) in [6.07, 6.45) is 3.77. The lowest BCUT2D eigenvalue weighted by molar-refractivity contribution is 0.0920. The maximum absolute atomic E-state index is 12.7. The zero-order chi connectivity index (χ0) is 18.5. The minimum atomic E-state index is -0.195. The summed E-state index contributed by atoms with van der Waals surface area (Å²) in [6.45, 7) is 6.11. The van der Waals surface area contributed by atoms with Crippen molar-refractivity contribution in [2.75, 3.05) is 20.2 Å². The number of hydrogen-bond donors (Lipinski definition) is 2. The van der Waals surface area contributed by atoms with Crippen LogP contribution in [0, 0.1) is 5.92 Å². The molecule has 0 spiro atoms. The van der Waals surface area contributed by atoms with Gasteiger partial charge in [-0.1, -0.05) is 31.2 Å². The summed E-state index contributed by atoms with van der Waals surface area (Å²) in [4.78, 5) is 12.7. The van der Waals surface area contributed by atoms with E-state index >= 15 is 0 Å². The van der Waals surface area contributed by atoms with Gasteiger partial charge >= 0.3 is 0 Å². The Balaban J connectivity index is 1.70. The Morgan fingerprint density at radius 1 is 1.27 bits per heavy atom. The molecular weight excluding hydrogens is 330 g/mol. The van der Waals surface area contributed by atoms with Gasteiger partial charge in [-0.15, -0.1) is 5.10 Å². The fourth-order valence-corrected chi connectivity index (χ4v) is 3.29. The monoisotopic (exact) mass is 357 g/mol. The lowest BCUT2D eigenvalue weighted by atomic mass is 9.96. The van der Waals surface area contributed by atoms with E-state index in [1.54, 1.807) is 13.3 Å². The average molecular weight is 357 g/mol. The van der Waals surface area contributed by atoms with Crippen LogP contribution in [0.1, 0.15) is 54.8 Å². The zero-order valence-electron chi connectivity index (χ0n) is 15.6. The molecular formula is C19H27N5O2. The average Bonchev–Trinajstić information content (AvgIpc) is 3.17. The predicted octanol–water partition coefficient (Wildman–Crippen LogP) is 2.34. The quantitative estimate of drug-likeness (QED) is 0.829. The number of rotatable bonds is 6. The van der Waals surface area contributed by atoms with Gasteiger partial charge in [0.25, 0.3) is 5.91 Å². The van der Waals surface area contributed by atoms with Crippen molar-refractivity contribution in [1.82, 2.24) is 25.6 Å². The van der Waals surface area contributed by atoms with Gasteiger partial charge in [-0.2, -0.15) is 0 Å². The van der Waals surface area contributed by atoms with Crippen LogP contribution in [0.3, 0.4) is 0 Å². The Hall–Kier alpha value is -2.41. The number of amides is 1. The van der Waals surface area contributed by atoms with Gasteiger partial charge in [0.15, 0.2) is 5.69 Å². The van der Waals surface area contributed by atoms with Crippen LogP contribution in [0.5, 0.6) is 5.75 Å². The van der Waals surface area contributed by atoms with Crippen molar-refractivity contribution in [3.63, 3.8) is 0 Å². The van der Waals surface area contributed by atoms with Crippen molar-refractivity contribution < 1.29 is 9.53 Å². The second-order valence-electron chi connectivity index (χ2n) is 7.03. The molecule has 0 aliphatic carbocycles. The molecule has 0 radical (unpaired) electrons. The number of ether oxygens (including phenoxy) is 1. The van der Waals surface area contributed by atoms with Gasteiger partial charge in [0.1, 0.15) is 5.75 Å². The summed E-state index contributed by atoms with van der Waals surface area (Å²) in [5.41, 5.74) is 1.41. The fourth-order valence-electron chi connectivity index (χ4n) is 3.29. The highest BCUT2D eigenvalue weighted by molar-refractivity contribution is 5.92. The highest BCUT2D eigenvalue weighted by Gasteiger charge is 2.23. The van der Waals surface area contributed by atoms with Crippen molar-refractivity contribution >= 4 is 5.91 Å². The maximum Gasteiger partial charge on any atom is 0.273 e. The number of hydrogen-bond acceptors (Lipinski definition) is 5. The zero-order valence-corrected chi connectivity index (χ0v) is 15.6. The lowest BCUT2D eigenvalue weighted by Crippen LogP contribution is -2.32. The van der Waals surface area contributed by atoms with Crippen LogP contribution in [0.25, 0.3) is 0 Å². The van der Waals surface area contributed by atoms with Gasteiger partial charge in [-0.25, -0.2) is 4.68 Å². The molecule has 1 aromatic heterocycles. The van der Waals surface area contributed by atoms with Crippen LogP contribution in [0.4, 0.5) is 0 Å². The first kappa shape index (κ1) is 18.4. The van der Waals surface area contributed by atoms with E-state index in [-0.39, 0.29) is 17.9 Å². The second-order valence-corrected chi connectivity index (χ2v) is 7.03. The third-order valence-corrected chi connectivity index (χ3v) is 4.85. The number of aromatic nitrogens is 3. The van der Waals surface area contributed by atoms with Crippen LogP contribution in [-0.2, 0) is 0 Å². The third-order valence-electron chi connectivity index (χ3n) is 4.85. The van der Waals surface area contributed by atoms with Gasteiger partial charge in [0.05, 0.1) is 25.4 Å². The van der Waals surface area contributed by atoms with Gasteiger partial charge < -0.3 is 15.4 Å². The van der Waals surface area contributed by atoms with E-state index in [9.17, 15) is 4.79 Å². The third kappa shape index (κ3) is 4.22. The number of nitrogens with zero attached hydrogens (tertiary/aromatic N) is 3. The first-order valence-corrected chi connectivity index (χ1v) is 9.16. The summed E-state index contributed by atoms with van der Waals surface area (Å²) < 4.78 is 7.03. The molecule has 2 aromatic rings. The van der Waals surface area contributed by atoms with Crippen molar-refractivity contribution in [3.05, 3.63) is 41.7 Å². The first-order valence-electron chi connectivity index (χ1n) is 9.16. The van der Waals surface area contributed by atoms with Gasteiger partial charge in [0.2, 0.25) is 0 Å². The Bertz CT molecular complexity index is 720. The molecule has 1 amide bonds. The van der Waals surface area contributed by atoms with Crippen LogP contribution in [-0.4, -0.2) is 41.1 Å². The number of nitrogens with one attached hydrogen (secondary N) is 2. The molecule has 0 saturated carbocycles. The van der Waals surface area contributed by atoms with Crippen molar-refractivity contribution in [2.45, 2.75) is 38.8 Å². The topological polar surface area (TPSA) is 81.1 Å². The molecule has 7 nitrogen and oxygen atoms in total. The Labute approximate surface area is 154 Å². The molecule has 1 atom stereocenters. The molecule has 1 unspecified atom stereocenters. The number of carbonyl (C=O) groups excluding carboxylic acids is 1. The summed E-state index contributed by atoms with van der Waals surface area (Å²) in [7, 11) is 1.64. The van der Waals surface area contributed by atoms with E-state index in [4.69, 9.17) is 4.74 Å². The molecule has 0 bridgehead atoms. The minimum Gasteiger partial charge on any atom is -0.497 e. The highest BCUT2D eigenvalue weighted by Crippen LogP contribution is 2.24. The Morgan fingerprint density at radius 3 is 2.58 bits per heavy atom. The standard InChI is InChI=1S/C19H27N5O2/c1-13(2)18(14-4-6-16(26-3)7-5-14)21-19(25)17-12-24(23-22-17)15-8-10-20-11-9-15/h4-7,12-13,15,18,20H,8-11H2,1-3H3,(H,21,25). The number of benzene rings is 1. The lowest BCUT2D eigenvalue weighted by Gasteiger charge is -2.23. The first-order chi connectivity index (χ1) is 12.6. The largest absolute Gasteiger partial charge is 0.497 e. The number of piperidine rings is 1. The van der Waals surface area contributed by atoms with Gasteiger partial charge in [-0.3, -0.25) is 4.79 Å². The Kier molecular flexibility index (Phi) is 5.88. The molecule has 2 N–H and O–H groups in total. The van der Waals surface area contributed by atoms with E-state index in [0.29, 0.717) is 11.7 Å². The highest BCUT2D eigenvalue weighted by atomic mass is 16.5. The molecule has 1 saturated heterocycles. The molecule has 26 heavy (non-hydrogen) atoms. The summed E-state index contributed by atoms with van der Waals surface area (Å²) >= 11 is 0. The van der Waals surface area contributed by atoms with Gasteiger partial charge in [0, 0.05) is 0 Å². The Morgan fingerprint density at radius 2 is 1.96 bits per heavy atom. The summed E-state index contributed by atoms with van der Waals surface area (Å²) in [5, 5.41) is 14.7. The molecule has 2 heterocycles. The number of carbonyl (C=O) groups is 1.